The van der Waals surface area contributed by atoms with Gasteiger partial charge in [-0.05, 0) is 59.7 Å². The van der Waals surface area contributed by atoms with E-state index < -0.39 is 0 Å². The van der Waals surface area contributed by atoms with E-state index in [-0.39, 0.29) is 11.5 Å². The lowest BCUT2D eigenvalue weighted by molar-refractivity contribution is 0.475. The Labute approximate surface area is 162 Å². The van der Waals surface area contributed by atoms with Crippen LogP contribution in [0.3, 0.4) is 0 Å². The van der Waals surface area contributed by atoms with Crippen molar-refractivity contribution < 1.29 is 10.2 Å². The number of halogens is 1. The van der Waals surface area contributed by atoms with Crippen molar-refractivity contribution in [3.05, 3.63) is 90.0 Å². The Morgan fingerprint density at radius 3 is 1.56 bits per heavy atom. The molecule has 3 nitrogen and oxygen atoms in total. The molecule has 1 aromatic heterocycles. The van der Waals surface area contributed by atoms with Crippen LogP contribution in [0.2, 0.25) is 5.02 Å². The Balaban J connectivity index is 1.92. The summed E-state index contributed by atoms with van der Waals surface area (Å²) in [5, 5.41) is 20.4. The molecule has 0 aliphatic rings. The first kappa shape index (κ1) is 17.1. The summed E-state index contributed by atoms with van der Waals surface area (Å²) in [6.45, 7) is 0. The molecule has 1 heterocycles. The molecular weight excluding hydrogens is 358 g/mol. The molecule has 0 saturated heterocycles. The summed E-state index contributed by atoms with van der Waals surface area (Å²) in [6.07, 6.45) is 0. The summed E-state index contributed by atoms with van der Waals surface area (Å²) in [7, 11) is 0. The van der Waals surface area contributed by atoms with E-state index in [9.17, 15) is 10.2 Å². The summed E-state index contributed by atoms with van der Waals surface area (Å²) in [5.74, 6) is 0.371. The predicted molar refractivity (Wildman–Crippen MR) is 109 cm³/mol. The summed E-state index contributed by atoms with van der Waals surface area (Å²) < 4.78 is 0. The van der Waals surface area contributed by atoms with Crippen LogP contribution in [0, 0.1) is 0 Å². The van der Waals surface area contributed by atoms with Crippen molar-refractivity contribution in [2.75, 3.05) is 0 Å². The van der Waals surface area contributed by atoms with Crippen LogP contribution in [0.5, 0.6) is 11.5 Å². The first-order valence-corrected chi connectivity index (χ1v) is 8.83. The quantitative estimate of drug-likeness (QED) is 0.453. The smallest absolute Gasteiger partial charge is 0.116 e. The van der Waals surface area contributed by atoms with Crippen molar-refractivity contribution in [3.63, 3.8) is 0 Å². The van der Waals surface area contributed by atoms with Crippen molar-refractivity contribution in [1.82, 2.24) is 4.98 Å². The molecule has 4 rings (SSSR count). The van der Waals surface area contributed by atoms with E-state index in [1.807, 2.05) is 48.5 Å². The van der Waals surface area contributed by atoms with E-state index in [1.54, 1.807) is 36.4 Å². The highest BCUT2D eigenvalue weighted by atomic mass is 35.5. The van der Waals surface area contributed by atoms with Crippen molar-refractivity contribution in [1.29, 1.82) is 0 Å². The summed E-state index contributed by atoms with van der Waals surface area (Å²) in [5.41, 5.74) is 5.07. The Morgan fingerprint density at radius 1 is 0.556 bits per heavy atom. The molecule has 0 spiro atoms. The van der Waals surface area contributed by atoms with Gasteiger partial charge in [0.2, 0.25) is 0 Å². The Hall–Kier alpha value is -3.30. The topological polar surface area (TPSA) is 53.4 Å². The first-order valence-electron chi connectivity index (χ1n) is 8.45. The van der Waals surface area contributed by atoms with E-state index >= 15 is 0 Å². The van der Waals surface area contributed by atoms with Gasteiger partial charge >= 0.3 is 0 Å². The molecule has 0 atom stereocenters. The van der Waals surface area contributed by atoms with Crippen LogP contribution in [-0.4, -0.2) is 15.2 Å². The molecule has 27 heavy (non-hydrogen) atoms. The zero-order valence-corrected chi connectivity index (χ0v) is 15.1. The molecule has 0 amide bonds. The van der Waals surface area contributed by atoms with Gasteiger partial charge in [0.15, 0.2) is 0 Å². The minimum absolute atomic E-state index is 0.185. The molecule has 0 aliphatic heterocycles. The number of pyridine rings is 1. The van der Waals surface area contributed by atoms with Crippen molar-refractivity contribution in [3.8, 4) is 45.1 Å². The van der Waals surface area contributed by atoms with Gasteiger partial charge in [-0.2, -0.15) is 0 Å². The molecule has 0 unspecified atom stereocenters. The minimum atomic E-state index is 0.185. The van der Waals surface area contributed by atoms with E-state index in [0.717, 1.165) is 33.6 Å². The van der Waals surface area contributed by atoms with Gasteiger partial charge in [0.1, 0.15) is 11.5 Å². The summed E-state index contributed by atoms with van der Waals surface area (Å²) >= 11 is 6.02. The molecular formula is C23H16ClNO2. The molecule has 0 radical (unpaired) electrons. The number of benzene rings is 3. The number of phenols is 2. The average molecular weight is 374 g/mol. The zero-order valence-electron chi connectivity index (χ0n) is 14.3. The first-order chi connectivity index (χ1) is 13.1. The lowest BCUT2D eigenvalue weighted by Gasteiger charge is -2.11. The van der Waals surface area contributed by atoms with Crippen molar-refractivity contribution in [2.24, 2.45) is 0 Å². The van der Waals surface area contributed by atoms with Crippen LogP contribution in [0.1, 0.15) is 0 Å². The number of hydrogen-bond acceptors (Lipinski definition) is 3. The number of nitrogens with zero attached hydrogens (tertiary/aromatic N) is 1. The summed E-state index contributed by atoms with van der Waals surface area (Å²) in [4.78, 5) is 4.75. The number of rotatable bonds is 3. The molecule has 2 N–H and O–H groups in total. The van der Waals surface area contributed by atoms with Crippen LogP contribution >= 0.6 is 11.6 Å². The highest BCUT2D eigenvalue weighted by Gasteiger charge is 2.10. The SMILES string of the molecule is Oc1cccc(-c2cc(-c3ccc(Cl)cc3)cc(-c3cccc(O)c3)n2)c1. The van der Waals surface area contributed by atoms with Gasteiger partial charge in [-0.3, -0.25) is 0 Å². The average Bonchev–Trinajstić information content (AvgIpc) is 2.68. The van der Waals surface area contributed by atoms with Gasteiger partial charge in [-0.15, -0.1) is 0 Å². The third-order valence-corrected chi connectivity index (χ3v) is 4.54. The van der Waals surface area contributed by atoms with Crippen LogP contribution in [-0.2, 0) is 0 Å². The lowest BCUT2D eigenvalue weighted by Crippen LogP contribution is -1.91. The summed E-state index contributed by atoms with van der Waals surface area (Å²) in [6, 6.07) is 25.6. The molecule has 0 aliphatic carbocycles. The normalized spacial score (nSPS) is 10.7. The standard InChI is InChI=1S/C23H16ClNO2/c24-19-9-7-15(8-10-19)18-13-22(16-3-1-5-20(26)11-16)25-23(14-18)17-4-2-6-21(27)12-17/h1-14,26-27H. The predicted octanol–water partition coefficient (Wildman–Crippen LogP) is 6.15. The number of aromatic nitrogens is 1. The lowest BCUT2D eigenvalue weighted by atomic mass is 10.00. The highest BCUT2D eigenvalue weighted by Crippen LogP contribution is 2.32. The molecule has 3 aromatic carbocycles. The minimum Gasteiger partial charge on any atom is -0.508 e. The van der Waals surface area contributed by atoms with Gasteiger partial charge in [-0.1, -0.05) is 48.0 Å². The second kappa shape index (κ2) is 7.14. The zero-order chi connectivity index (χ0) is 18.8. The van der Waals surface area contributed by atoms with Crippen LogP contribution in [0.15, 0.2) is 84.9 Å². The van der Waals surface area contributed by atoms with E-state index in [4.69, 9.17) is 16.6 Å². The Kier molecular flexibility index (Phi) is 4.53. The van der Waals surface area contributed by atoms with Crippen LogP contribution in [0.4, 0.5) is 0 Å². The van der Waals surface area contributed by atoms with Gasteiger partial charge < -0.3 is 10.2 Å². The van der Waals surface area contributed by atoms with E-state index in [2.05, 4.69) is 0 Å². The van der Waals surface area contributed by atoms with E-state index in [0.29, 0.717) is 5.02 Å². The van der Waals surface area contributed by atoms with Crippen molar-refractivity contribution >= 4 is 11.6 Å². The second-order valence-corrected chi connectivity index (χ2v) is 6.67. The van der Waals surface area contributed by atoms with Gasteiger partial charge in [0.25, 0.3) is 0 Å². The number of hydrogen-bond donors (Lipinski definition) is 2. The maximum absolute atomic E-state index is 9.84. The van der Waals surface area contributed by atoms with Gasteiger partial charge in [-0.25, -0.2) is 4.98 Å². The molecule has 132 valence electrons. The maximum Gasteiger partial charge on any atom is 0.116 e. The third-order valence-electron chi connectivity index (χ3n) is 4.29. The van der Waals surface area contributed by atoms with Crippen molar-refractivity contribution in [2.45, 2.75) is 0 Å². The van der Waals surface area contributed by atoms with Crippen LogP contribution < -0.4 is 0 Å². The fourth-order valence-corrected chi connectivity index (χ4v) is 3.09. The molecule has 4 aromatic rings. The monoisotopic (exact) mass is 373 g/mol. The largest absolute Gasteiger partial charge is 0.508 e. The molecule has 0 fully saturated rings. The number of phenolic OH excluding ortho intramolecular Hbond substituents is 2. The highest BCUT2D eigenvalue weighted by molar-refractivity contribution is 6.30. The van der Waals surface area contributed by atoms with Gasteiger partial charge in [0.05, 0.1) is 11.4 Å². The fraction of sp³-hybridized carbons (Fsp3) is 0. The van der Waals surface area contributed by atoms with Gasteiger partial charge in [0, 0.05) is 16.1 Å². The number of aromatic hydroxyl groups is 2. The van der Waals surface area contributed by atoms with E-state index in [1.165, 1.54) is 0 Å². The second-order valence-electron chi connectivity index (χ2n) is 6.23. The molecule has 0 saturated carbocycles. The Morgan fingerprint density at radius 2 is 1.07 bits per heavy atom. The Bertz CT molecular complexity index is 1040. The third kappa shape index (κ3) is 3.78. The fourth-order valence-electron chi connectivity index (χ4n) is 2.97. The van der Waals surface area contributed by atoms with Crippen LogP contribution in [0.25, 0.3) is 33.6 Å². The molecule has 0 bridgehead atoms. The molecule has 4 heteroatoms. The maximum atomic E-state index is 9.84.